The number of hydrogen-bond donors (Lipinski definition) is 2. The molecular formula is C19H22N2O3S. The van der Waals surface area contributed by atoms with Gasteiger partial charge in [0, 0.05) is 30.7 Å². The molecule has 0 bridgehead atoms. The second-order valence-corrected chi connectivity index (χ2v) is 6.48. The lowest BCUT2D eigenvalue weighted by Crippen LogP contribution is -2.35. The van der Waals surface area contributed by atoms with E-state index < -0.39 is 0 Å². The van der Waals surface area contributed by atoms with Gasteiger partial charge in [-0.3, -0.25) is 9.59 Å². The lowest BCUT2D eigenvalue weighted by molar-refractivity contribution is -0.117. The van der Waals surface area contributed by atoms with Gasteiger partial charge >= 0.3 is 0 Å². The normalized spacial score (nSPS) is 11.2. The van der Waals surface area contributed by atoms with Crippen LogP contribution in [0.3, 0.4) is 0 Å². The Bertz CT molecular complexity index is 739. The summed E-state index contributed by atoms with van der Waals surface area (Å²) < 4.78 is 4.97. The van der Waals surface area contributed by atoms with E-state index in [4.69, 9.17) is 4.74 Å². The van der Waals surface area contributed by atoms with Crippen LogP contribution in [0, 0.1) is 6.92 Å². The summed E-state index contributed by atoms with van der Waals surface area (Å²) in [5.41, 5.74) is 1.73. The van der Waals surface area contributed by atoms with Crippen molar-refractivity contribution in [2.75, 3.05) is 20.3 Å². The fraction of sp³-hybridized carbons (Fsp3) is 0.263. The largest absolute Gasteiger partial charge is 0.385 e. The highest BCUT2D eigenvalue weighted by atomic mass is 32.1. The molecule has 6 heteroatoms. The van der Waals surface area contributed by atoms with Crippen molar-refractivity contribution in [2.45, 2.75) is 13.3 Å². The van der Waals surface area contributed by atoms with E-state index in [0.29, 0.717) is 25.1 Å². The third-order valence-corrected chi connectivity index (χ3v) is 4.23. The van der Waals surface area contributed by atoms with Gasteiger partial charge in [0.15, 0.2) is 0 Å². The highest BCUT2D eigenvalue weighted by molar-refractivity contribution is 7.10. The SMILES string of the molecule is COCCCNC(=O)/C(=C/c1cccs1)NC(=O)c1cccc(C)c1. The Labute approximate surface area is 151 Å². The average molecular weight is 358 g/mol. The van der Waals surface area contributed by atoms with Crippen LogP contribution in [0.25, 0.3) is 6.08 Å². The molecule has 0 radical (unpaired) electrons. The van der Waals surface area contributed by atoms with Gasteiger partial charge in [0.25, 0.3) is 11.8 Å². The molecule has 0 fully saturated rings. The summed E-state index contributed by atoms with van der Waals surface area (Å²) >= 11 is 1.50. The van der Waals surface area contributed by atoms with Crippen molar-refractivity contribution >= 4 is 29.2 Å². The molecule has 2 amide bonds. The maximum atomic E-state index is 12.5. The standard InChI is InChI=1S/C19H22N2O3S/c1-14-6-3-7-15(12-14)18(22)21-17(13-16-8-4-11-25-16)19(23)20-9-5-10-24-2/h3-4,6-8,11-13H,5,9-10H2,1-2H3,(H,20,23)(H,21,22)/b17-13-. The van der Waals surface area contributed by atoms with E-state index in [0.717, 1.165) is 10.4 Å². The molecule has 0 aliphatic heterocycles. The van der Waals surface area contributed by atoms with Crippen LogP contribution in [0.4, 0.5) is 0 Å². The van der Waals surface area contributed by atoms with Gasteiger partial charge in [-0.15, -0.1) is 11.3 Å². The summed E-state index contributed by atoms with van der Waals surface area (Å²) in [6.07, 6.45) is 2.39. The van der Waals surface area contributed by atoms with E-state index in [1.807, 2.05) is 36.6 Å². The lowest BCUT2D eigenvalue weighted by atomic mass is 10.1. The van der Waals surface area contributed by atoms with Crippen LogP contribution in [0.15, 0.2) is 47.5 Å². The van der Waals surface area contributed by atoms with E-state index in [9.17, 15) is 9.59 Å². The fourth-order valence-corrected chi connectivity index (χ4v) is 2.83. The Morgan fingerprint density at radius 3 is 2.76 bits per heavy atom. The Morgan fingerprint density at radius 2 is 2.08 bits per heavy atom. The molecule has 0 saturated heterocycles. The molecule has 132 valence electrons. The summed E-state index contributed by atoms with van der Waals surface area (Å²) in [6.45, 7) is 2.97. The molecule has 5 nitrogen and oxygen atoms in total. The maximum absolute atomic E-state index is 12.5. The monoisotopic (exact) mass is 358 g/mol. The topological polar surface area (TPSA) is 67.4 Å². The summed E-state index contributed by atoms with van der Waals surface area (Å²) in [6, 6.07) is 11.0. The molecular weight excluding hydrogens is 336 g/mol. The first-order valence-corrected chi connectivity index (χ1v) is 8.88. The van der Waals surface area contributed by atoms with Crippen molar-refractivity contribution < 1.29 is 14.3 Å². The number of thiophene rings is 1. The molecule has 0 spiro atoms. The molecule has 2 aromatic rings. The smallest absolute Gasteiger partial charge is 0.267 e. The van der Waals surface area contributed by atoms with E-state index in [1.165, 1.54) is 11.3 Å². The number of nitrogens with one attached hydrogen (secondary N) is 2. The van der Waals surface area contributed by atoms with Gasteiger partial charge in [-0.2, -0.15) is 0 Å². The number of methoxy groups -OCH3 is 1. The molecule has 25 heavy (non-hydrogen) atoms. The zero-order chi connectivity index (χ0) is 18.1. The zero-order valence-corrected chi connectivity index (χ0v) is 15.2. The highest BCUT2D eigenvalue weighted by Crippen LogP contribution is 2.13. The fourth-order valence-electron chi connectivity index (χ4n) is 2.17. The molecule has 1 aromatic carbocycles. The van der Waals surface area contributed by atoms with Crippen LogP contribution in [-0.2, 0) is 9.53 Å². The van der Waals surface area contributed by atoms with Gasteiger partial charge in [-0.1, -0.05) is 23.8 Å². The van der Waals surface area contributed by atoms with Crippen molar-refractivity contribution in [2.24, 2.45) is 0 Å². The molecule has 0 aliphatic carbocycles. The summed E-state index contributed by atoms with van der Waals surface area (Å²) in [7, 11) is 1.62. The molecule has 2 rings (SSSR count). The Balaban J connectivity index is 2.11. The van der Waals surface area contributed by atoms with Crippen molar-refractivity contribution in [1.29, 1.82) is 0 Å². The molecule has 2 N–H and O–H groups in total. The summed E-state index contributed by atoms with van der Waals surface area (Å²) in [4.78, 5) is 25.8. The molecule has 0 atom stereocenters. The molecule has 0 saturated carbocycles. The van der Waals surface area contributed by atoms with Crippen LogP contribution < -0.4 is 10.6 Å². The zero-order valence-electron chi connectivity index (χ0n) is 14.4. The summed E-state index contributed by atoms with van der Waals surface area (Å²) in [5, 5.41) is 7.44. The lowest BCUT2D eigenvalue weighted by Gasteiger charge is -2.11. The quantitative estimate of drug-likeness (QED) is 0.563. The van der Waals surface area contributed by atoms with Gasteiger partial charge in [0.2, 0.25) is 0 Å². The van der Waals surface area contributed by atoms with Gasteiger partial charge < -0.3 is 15.4 Å². The molecule has 1 aromatic heterocycles. The van der Waals surface area contributed by atoms with Gasteiger partial charge in [0.1, 0.15) is 5.70 Å². The van der Waals surface area contributed by atoms with Gasteiger partial charge in [-0.25, -0.2) is 0 Å². The third-order valence-electron chi connectivity index (χ3n) is 3.41. The van der Waals surface area contributed by atoms with E-state index in [1.54, 1.807) is 25.3 Å². The molecule has 0 unspecified atom stereocenters. The van der Waals surface area contributed by atoms with E-state index in [2.05, 4.69) is 10.6 Å². The number of carbonyl (C=O) groups is 2. The Hall–Kier alpha value is -2.44. The van der Waals surface area contributed by atoms with Crippen LogP contribution in [0.1, 0.15) is 27.2 Å². The minimum absolute atomic E-state index is 0.228. The predicted octanol–water partition coefficient (Wildman–Crippen LogP) is 2.98. The maximum Gasteiger partial charge on any atom is 0.267 e. The first-order valence-electron chi connectivity index (χ1n) is 8.00. The number of amides is 2. The highest BCUT2D eigenvalue weighted by Gasteiger charge is 2.14. The van der Waals surface area contributed by atoms with Crippen LogP contribution in [0.5, 0.6) is 0 Å². The number of rotatable bonds is 8. The second kappa shape index (κ2) is 9.76. The van der Waals surface area contributed by atoms with Crippen LogP contribution in [-0.4, -0.2) is 32.1 Å². The van der Waals surface area contributed by atoms with Crippen molar-refractivity contribution in [3.05, 3.63) is 63.5 Å². The van der Waals surface area contributed by atoms with E-state index >= 15 is 0 Å². The third kappa shape index (κ3) is 6.17. The molecule has 0 aliphatic rings. The van der Waals surface area contributed by atoms with Crippen molar-refractivity contribution in [3.63, 3.8) is 0 Å². The Kier molecular flexibility index (Phi) is 7.37. The van der Waals surface area contributed by atoms with Gasteiger partial charge in [0.05, 0.1) is 0 Å². The van der Waals surface area contributed by atoms with Crippen molar-refractivity contribution in [1.82, 2.24) is 10.6 Å². The first-order chi connectivity index (χ1) is 12.1. The number of ether oxygens (including phenoxy) is 1. The Morgan fingerprint density at radius 1 is 1.24 bits per heavy atom. The predicted molar refractivity (Wildman–Crippen MR) is 100 cm³/mol. The number of aryl methyl sites for hydroxylation is 1. The minimum Gasteiger partial charge on any atom is -0.385 e. The average Bonchev–Trinajstić information content (AvgIpc) is 3.11. The van der Waals surface area contributed by atoms with E-state index in [-0.39, 0.29) is 17.5 Å². The minimum atomic E-state index is -0.314. The van der Waals surface area contributed by atoms with Crippen molar-refractivity contribution in [3.8, 4) is 0 Å². The molecule has 1 heterocycles. The van der Waals surface area contributed by atoms with Crippen LogP contribution in [0.2, 0.25) is 0 Å². The van der Waals surface area contributed by atoms with Gasteiger partial charge in [-0.05, 0) is 43.0 Å². The number of hydrogen-bond acceptors (Lipinski definition) is 4. The first kappa shape index (κ1) is 18.9. The van der Waals surface area contributed by atoms with Crippen LogP contribution >= 0.6 is 11.3 Å². The second-order valence-electron chi connectivity index (χ2n) is 5.50. The number of benzene rings is 1. The number of carbonyl (C=O) groups excluding carboxylic acids is 2. The summed E-state index contributed by atoms with van der Waals surface area (Å²) in [5.74, 6) is -0.621.